The number of carbonyl (C=O) groups is 1. The number of carbonyl (C=O) groups excluding carboxylic acids is 1. The van der Waals surface area contributed by atoms with E-state index in [1.165, 1.54) is 16.5 Å². The van der Waals surface area contributed by atoms with E-state index in [1.54, 1.807) is 11.8 Å². The van der Waals surface area contributed by atoms with Gasteiger partial charge in [-0.15, -0.1) is 11.8 Å². The molecule has 1 aromatic carbocycles. The second-order valence-corrected chi connectivity index (χ2v) is 7.88. The minimum absolute atomic E-state index is 0.0851. The molecule has 4 rings (SSSR count). The second kappa shape index (κ2) is 7.07. The largest absolute Gasteiger partial charge is 0.417 e. The number of thioether (sulfide) groups is 1. The van der Waals surface area contributed by atoms with Crippen LogP contribution in [0.15, 0.2) is 47.5 Å². The Bertz CT molecular complexity index is 808. The smallest absolute Gasteiger partial charge is 0.353 e. The molecule has 4 nitrogen and oxygen atoms in total. The molecule has 27 heavy (non-hydrogen) atoms. The Balaban J connectivity index is 1.35. The van der Waals surface area contributed by atoms with E-state index in [0.717, 1.165) is 18.7 Å². The number of pyridine rings is 1. The number of nitrogens with zero attached hydrogens (tertiary/aromatic N) is 3. The van der Waals surface area contributed by atoms with Crippen molar-refractivity contribution in [2.24, 2.45) is 0 Å². The molecule has 0 spiro atoms. The van der Waals surface area contributed by atoms with E-state index in [9.17, 15) is 18.0 Å². The number of aromatic nitrogens is 1. The number of rotatable bonds is 2. The SMILES string of the molecule is O=C(C1Cc2ccccc2S1)N1CCN(c2ccc(C(F)(F)F)cn2)CC1. The molecule has 0 radical (unpaired) electrons. The highest BCUT2D eigenvalue weighted by atomic mass is 32.2. The first kappa shape index (κ1) is 18.2. The van der Waals surface area contributed by atoms with Crippen molar-refractivity contribution < 1.29 is 18.0 Å². The third kappa shape index (κ3) is 3.76. The lowest BCUT2D eigenvalue weighted by Gasteiger charge is -2.36. The summed E-state index contributed by atoms with van der Waals surface area (Å²) in [6.07, 6.45) is -2.77. The molecule has 0 N–H and O–H groups in total. The molecule has 2 aromatic rings. The van der Waals surface area contributed by atoms with Gasteiger partial charge in [0.2, 0.25) is 5.91 Å². The van der Waals surface area contributed by atoms with E-state index in [0.29, 0.717) is 32.0 Å². The van der Waals surface area contributed by atoms with Crippen LogP contribution in [0.5, 0.6) is 0 Å². The Morgan fingerprint density at radius 1 is 1.07 bits per heavy atom. The summed E-state index contributed by atoms with van der Waals surface area (Å²) < 4.78 is 37.9. The van der Waals surface area contributed by atoms with Crippen LogP contribution < -0.4 is 4.90 Å². The normalized spacial score (nSPS) is 19.9. The van der Waals surface area contributed by atoms with E-state index >= 15 is 0 Å². The summed E-state index contributed by atoms with van der Waals surface area (Å²) in [7, 11) is 0. The first-order valence-corrected chi connectivity index (χ1v) is 9.61. The van der Waals surface area contributed by atoms with Gasteiger partial charge in [0, 0.05) is 37.3 Å². The molecule has 2 aliphatic heterocycles. The van der Waals surface area contributed by atoms with Gasteiger partial charge in [0.1, 0.15) is 5.82 Å². The van der Waals surface area contributed by atoms with Gasteiger partial charge < -0.3 is 9.80 Å². The number of fused-ring (bicyclic) bond motifs is 1. The van der Waals surface area contributed by atoms with E-state index in [1.807, 2.05) is 28.0 Å². The number of benzene rings is 1. The number of halogens is 3. The summed E-state index contributed by atoms with van der Waals surface area (Å²) in [5.41, 5.74) is 0.464. The molecule has 1 unspecified atom stereocenters. The Labute approximate surface area is 159 Å². The van der Waals surface area contributed by atoms with Crippen molar-refractivity contribution in [1.29, 1.82) is 0 Å². The summed E-state index contributed by atoms with van der Waals surface area (Å²) in [6, 6.07) is 10.5. The number of anilines is 1. The van der Waals surface area contributed by atoms with Crippen LogP contribution in [-0.2, 0) is 17.4 Å². The lowest BCUT2D eigenvalue weighted by atomic mass is 10.1. The van der Waals surface area contributed by atoms with Crippen molar-refractivity contribution >= 4 is 23.5 Å². The van der Waals surface area contributed by atoms with Crippen molar-refractivity contribution in [3.63, 3.8) is 0 Å². The monoisotopic (exact) mass is 393 g/mol. The van der Waals surface area contributed by atoms with E-state index in [2.05, 4.69) is 11.1 Å². The number of alkyl halides is 3. The molecule has 1 fully saturated rings. The minimum Gasteiger partial charge on any atom is -0.353 e. The Hall–Kier alpha value is -2.22. The topological polar surface area (TPSA) is 36.4 Å². The molecule has 8 heteroatoms. The predicted octanol–water partition coefficient (Wildman–Crippen LogP) is 3.47. The third-order valence-electron chi connectivity index (χ3n) is 4.91. The van der Waals surface area contributed by atoms with Gasteiger partial charge in [-0.25, -0.2) is 4.98 Å². The number of piperazine rings is 1. The van der Waals surface area contributed by atoms with Crippen molar-refractivity contribution in [3.8, 4) is 0 Å². The van der Waals surface area contributed by atoms with Crippen LogP contribution in [0.4, 0.5) is 19.0 Å². The lowest BCUT2D eigenvalue weighted by molar-refractivity contribution is -0.137. The van der Waals surface area contributed by atoms with Crippen molar-refractivity contribution in [1.82, 2.24) is 9.88 Å². The molecule has 142 valence electrons. The highest BCUT2D eigenvalue weighted by Crippen LogP contribution is 2.37. The van der Waals surface area contributed by atoms with Gasteiger partial charge in [0.25, 0.3) is 0 Å². The summed E-state index contributed by atoms with van der Waals surface area (Å²) >= 11 is 1.62. The fourth-order valence-electron chi connectivity index (χ4n) is 3.42. The molecule has 0 bridgehead atoms. The molecule has 0 saturated carbocycles. The van der Waals surface area contributed by atoms with E-state index in [-0.39, 0.29) is 11.2 Å². The first-order chi connectivity index (χ1) is 12.9. The van der Waals surface area contributed by atoms with E-state index < -0.39 is 11.7 Å². The van der Waals surface area contributed by atoms with Crippen LogP contribution in [-0.4, -0.2) is 47.2 Å². The maximum Gasteiger partial charge on any atom is 0.417 e. The fraction of sp³-hybridized carbons (Fsp3) is 0.368. The van der Waals surface area contributed by atoms with Gasteiger partial charge in [-0.1, -0.05) is 18.2 Å². The molecular formula is C19H18F3N3OS. The van der Waals surface area contributed by atoms with Crippen molar-refractivity contribution in [3.05, 3.63) is 53.7 Å². The van der Waals surface area contributed by atoms with Crippen LogP contribution in [0.3, 0.4) is 0 Å². The standard InChI is InChI=1S/C19H18F3N3OS/c20-19(21,22)14-5-6-17(23-12-14)24-7-9-25(10-8-24)18(26)16-11-13-3-1-2-4-15(13)27-16/h1-6,12,16H,7-11H2. The van der Waals surface area contributed by atoms with Crippen LogP contribution in [0.25, 0.3) is 0 Å². The molecule has 2 aliphatic rings. The maximum absolute atomic E-state index is 12.8. The summed E-state index contributed by atoms with van der Waals surface area (Å²) in [5, 5.41) is -0.0851. The van der Waals surface area contributed by atoms with Crippen LogP contribution in [0.2, 0.25) is 0 Å². The number of hydrogen-bond acceptors (Lipinski definition) is 4. The van der Waals surface area contributed by atoms with Gasteiger partial charge in [-0.05, 0) is 30.2 Å². The Morgan fingerprint density at radius 2 is 1.81 bits per heavy atom. The third-order valence-corrected chi connectivity index (χ3v) is 6.22. The Morgan fingerprint density at radius 3 is 2.44 bits per heavy atom. The Kier molecular flexibility index (Phi) is 4.75. The van der Waals surface area contributed by atoms with Crippen LogP contribution in [0, 0.1) is 0 Å². The van der Waals surface area contributed by atoms with Gasteiger partial charge in [0.15, 0.2) is 0 Å². The van der Waals surface area contributed by atoms with Crippen LogP contribution >= 0.6 is 11.8 Å². The number of hydrogen-bond donors (Lipinski definition) is 0. The summed E-state index contributed by atoms with van der Waals surface area (Å²) in [4.78, 5) is 21.7. The van der Waals surface area contributed by atoms with Crippen molar-refractivity contribution in [2.75, 3.05) is 31.1 Å². The minimum atomic E-state index is -4.38. The van der Waals surface area contributed by atoms with Crippen molar-refractivity contribution in [2.45, 2.75) is 22.7 Å². The van der Waals surface area contributed by atoms with Gasteiger partial charge in [-0.2, -0.15) is 13.2 Å². The highest BCUT2D eigenvalue weighted by molar-refractivity contribution is 8.01. The second-order valence-electron chi connectivity index (χ2n) is 6.63. The number of amides is 1. The summed E-state index contributed by atoms with van der Waals surface area (Å²) in [6.45, 7) is 2.23. The quantitative estimate of drug-likeness (QED) is 0.783. The average Bonchev–Trinajstić information content (AvgIpc) is 3.11. The first-order valence-electron chi connectivity index (χ1n) is 8.73. The maximum atomic E-state index is 12.8. The molecule has 1 amide bonds. The lowest BCUT2D eigenvalue weighted by Crippen LogP contribution is -2.51. The van der Waals surface area contributed by atoms with Gasteiger partial charge in [-0.3, -0.25) is 4.79 Å². The van der Waals surface area contributed by atoms with Gasteiger partial charge >= 0.3 is 6.18 Å². The fourth-order valence-corrected chi connectivity index (χ4v) is 4.70. The predicted molar refractivity (Wildman–Crippen MR) is 97.8 cm³/mol. The highest BCUT2D eigenvalue weighted by Gasteiger charge is 2.33. The molecule has 1 atom stereocenters. The van der Waals surface area contributed by atoms with Crippen LogP contribution in [0.1, 0.15) is 11.1 Å². The summed E-state index contributed by atoms with van der Waals surface area (Å²) in [5.74, 6) is 0.647. The van der Waals surface area contributed by atoms with Gasteiger partial charge in [0.05, 0.1) is 10.8 Å². The molecule has 0 aliphatic carbocycles. The molecule has 1 saturated heterocycles. The molecular weight excluding hydrogens is 375 g/mol. The zero-order valence-corrected chi connectivity index (χ0v) is 15.3. The zero-order valence-electron chi connectivity index (χ0n) is 14.4. The molecule has 3 heterocycles. The van der Waals surface area contributed by atoms with E-state index in [4.69, 9.17) is 0 Å². The average molecular weight is 393 g/mol. The zero-order chi connectivity index (χ0) is 19.0. The molecule has 1 aromatic heterocycles.